The van der Waals surface area contributed by atoms with Gasteiger partial charge >= 0.3 is 0 Å². The summed E-state index contributed by atoms with van der Waals surface area (Å²) in [5, 5.41) is 13.7. The molecule has 0 aliphatic rings. The van der Waals surface area contributed by atoms with Gasteiger partial charge in [0.05, 0.1) is 0 Å². The number of benzene rings is 1. The van der Waals surface area contributed by atoms with Gasteiger partial charge in [0.1, 0.15) is 5.75 Å². The molecule has 5 nitrogen and oxygen atoms in total. The number of nitrogens with zero attached hydrogens (tertiary/aromatic N) is 3. The average Bonchev–Trinajstić information content (AvgIpc) is 2.94. The van der Waals surface area contributed by atoms with E-state index in [1.54, 1.807) is 12.3 Å². The second-order valence-corrected chi connectivity index (χ2v) is 5.51. The van der Waals surface area contributed by atoms with Crippen LogP contribution in [0.1, 0.15) is 11.1 Å². The standard InChI is InChI=1S/C15H12BrN3O2/c1-8-6-10(7-9(2)12(8)16)14-18-15(21-19-14)13-11(20)4-3-5-17-13/h3-7,20H,1-2H3. The first-order valence-electron chi connectivity index (χ1n) is 6.31. The first kappa shape index (κ1) is 13.8. The van der Waals surface area contributed by atoms with Gasteiger partial charge in [-0.2, -0.15) is 4.98 Å². The van der Waals surface area contributed by atoms with E-state index in [1.165, 1.54) is 6.07 Å². The number of halogens is 1. The van der Waals surface area contributed by atoms with Crippen LogP contribution >= 0.6 is 15.9 Å². The Morgan fingerprint density at radius 3 is 2.57 bits per heavy atom. The molecule has 2 aromatic heterocycles. The fourth-order valence-electron chi connectivity index (χ4n) is 2.07. The number of aromatic nitrogens is 3. The fraction of sp³-hybridized carbons (Fsp3) is 0.133. The van der Waals surface area contributed by atoms with E-state index in [0.717, 1.165) is 21.2 Å². The summed E-state index contributed by atoms with van der Waals surface area (Å²) in [4.78, 5) is 8.36. The summed E-state index contributed by atoms with van der Waals surface area (Å²) >= 11 is 3.53. The molecule has 0 saturated carbocycles. The van der Waals surface area contributed by atoms with Crippen molar-refractivity contribution in [1.82, 2.24) is 15.1 Å². The largest absolute Gasteiger partial charge is 0.505 e. The van der Waals surface area contributed by atoms with Gasteiger partial charge in [-0.1, -0.05) is 21.1 Å². The van der Waals surface area contributed by atoms with Crippen molar-refractivity contribution in [3.63, 3.8) is 0 Å². The maximum absolute atomic E-state index is 9.77. The smallest absolute Gasteiger partial charge is 0.280 e. The summed E-state index contributed by atoms with van der Waals surface area (Å²) in [6.45, 7) is 4.01. The van der Waals surface area contributed by atoms with E-state index in [9.17, 15) is 5.11 Å². The zero-order valence-electron chi connectivity index (χ0n) is 11.5. The number of aryl methyl sites for hydroxylation is 2. The van der Waals surface area contributed by atoms with Crippen molar-refractivity contribution < 1.29 is 9.63 Å². The SMILES string of the molecule is Cc1cc(-c2noc(-c3ncccc3O)n2)cc(C)c1Br. The molecular formula is C15H12BrN3O2. The van der Waals surface area contributed by atoms with E-state index in [0.29, 0.717) is 5.82 Å². The van der Waals surface area contributed by atoms with Crippen molar-refractivity contribution in [2.24, 2.45) is 0 Å². The summed E-state index contributed by atoms with van der Waals surface area (Å²) < 4.78 is 6.27. The van der Waals surface area contributed by atoms with Crippen LogP contribution in [0, 0.1) is 13.8 Å². The van der Waals surface area contributed by atoms with Gasteiger partial charge in [-0.25, -0.2) is 4.98 Å². The first-order valence-corrected chi connectivity index (χ1v) is 7.10. The van der Waals surface area contributed by atoms with Crippen molar-refractivity contribution in [2.75, 3.05) is 0 Å². The third-order valence-electron chi connectivity index (χ3n) is 3.11. The molecule has 1 aromatic carbocycles. The summed E-state index contributed by atoms with van der Waals surface area (Å²) in [5.41, 5.74) is 3.33. The first-order chi connectivity index (χ1) is 10.1. The third-order valence-corrected chi connectivity index (χ3v) is 4.36. The molecule has 0 radical (unpaired) electrons. The highest BCUT2D eigenvalue weighted by Crippen LogP contribution is 2.30. The summed E-state index contributed by atoms with van der Waals surface area (Å²) in [5.74, 6) is 0.672. The molecule has 2 heterocycles. The zero-order valence-corrected chi connectivity index (χ0v) is 13.0. The number of rotatable bonds is 2. The molecule has 0 aliphatic heterocycles. The van der Waals surface area contributed by atoms with Gasteiger partial charge in [-0.3, -0.25) is 0 Å². The van der Waals surface area contributed by atoms with Crippen molar-refractivity contribution in [3.05, 3.63) is 46.1 Å². The highest BCUT2D eigenvalue weighted by Gasteiger charge is 2.15. The zero-order chi connectivity index (χ0) is 15.0. The lowest BCUT2D eigenvalue weighted by atomic mass is 10.1. The Bertz CT molecular complexity index is 791. The predicted molar refractivity (Wildman–Crippen MR) is 81.8 cm³/mol. The number of hydrogen-bond donors (Lipinski definition) is 1. The molecule has 3 rings (SSSR count). The summed E-state index contributed by atoms with van der Waals surface area (Å²) in [6.07, 6.45) is 1.56. The van der Waals surface area contributed by atoms with Crippen molar-refractivity contribution >= 4 is 15.9 Å². The van der Waals surface area contributed by atoms with Gasteiger partial charge in [-0.05, 0) is 49.2 Å². The minimum absolute atomic E-state index is 0.0101. The molecule has 0 aliphatic carbocycles. The van der Waals surface area contributed by atoms with E-state index < -0.39 is 0 Å². The Kier molecular flexibility index (Phi) is 3.47. The maximum Gasteiger partial charge on any atom is 0.280 e. The molecule has 6 heteroatoms. The van der Waals surface area contributed by atoms with Crippen LogP contribution in [0.25, 0.3) is 23.0 Å². The molecule has 0 bridgehead atoms. The Morgan fingerprint density at radius 1 is 1.19 bits per heavy atom. The minimum Gasteiger partial charge on any atom is -0.505 e. The van der Waals surface area contributed by atoms with Crippen molar-refractivity contribution in [2.45, 2.75) is 13.8 Å². The second kappa shape index (κ2) is 5.29. The van der Waals surface area contributed by atoms with Gasteiger partial charge < -0.3 is 9.63 Å². The Labute approximate surface area is 129 Å². The van der Waals surface area contributed by atoms with Crippen molar-refractivity contribution in [1.29, 1.82) is 0 Å². The van der Waals surface area contributed by atoms with E-state index in [1.807, 2.05) is 26.0 Å². The fourth-order valence-corrected chi connectivity index (χ4v) is 2.30. The highest BCUT2D eigenvalue weighted by atomic mass is 79.9. The molecular weight excluding hydrogens is 334 g/mol. The average molecular weight is 346 g/mol. The lowest BCUT2D eigenvalue weighted by Gasteiger charge is -2.04. The predicted octanol–water partition coefficient (Wildman–Crippen LogP) is 3.88. The van der Waals surface area contributed by atoms with E-state index in [2.05, 4.69) is 31.1 Å². The molecule has 21 heavy (non-hydrogen) atoms. The monoisotopic (exact) mass is 345 g/mol. The molecule has 0 saturated heterocycles. The van der Waals surface area contributed by atoms with E-state index >= 15 is 0 Å². The normalized spacial score (nSPS) is 10.8. The van der Waals surface area contributed by atoms with E-state index in [4.69, 9.17) is 4.52 Å². The van der Waals surface area contributed by atoms with Crippen LogP contribution in [0.15, 0.2) is 39.5 Å². The van der Waals surface area contributed by atoms with E-state index in [-0.39, 0.29) is 17.3 Å². The quantitative estimate of drug-likeness (QED) is 0.762. The van der Waals surface area contributed by atoms with Gasteiger partial charge in [-0.15, -0.1) is 0 Å². The molecule has 0 fully saturated rings. The Morgan fingerprint density at radius 2 is 1.90 bits per heavy atom. The van der Waals surface area contributed by atoms with Crippen LogP contribution < -0.4 is 0 Å². The van der Waals surface area contributed by atoms with Gasteiger partial charge in [0.25, 0.3) is 5.89 Å². The van der Waals surface area contributed by atoms with Crippen LogP contribution in [0.2, 0.25) is 0 Å². The number of aromatic hydroxyl groups is 1. The molecule has 106 valence electrons. The van der Waals surface area contributed by atoms with Gasteiger partial charge in [0.15, 0.2) is 5.69 Å². The molecule has 1 N–H and O–H groups in total. The summed E-state index contributed by atoms with van der Waals surface area (Å²) in [7, 11) is 0. The highest BCUT2D eigenvalue weighted by molar-refractivity contribution is 9.10. The lowest BCUT2D eigenvalue weighted by molar-refractivity contribution is 0.423. The van der Waals surface area contributed by atoms with Crippen LogP contribution in [-0.2, 0) is 0 Å². The van der Waals surface area contributed by atoms with Gasteiger partial charge in [0.2, 0.25) is 5.82 Å². The van der Waals surface area contributed by atoms with Crippen LogP contribution in [0.5, 0.6) is 5.75 Å². The number of hydrogen-bond acceptors (Lipinski definition) is 5. The molecule has 0 atom stereocenters. The molecule has 0 spiro atoms. The molecule has 3 aromatic rings. The lowest BCUT2D eigenvalue weighted by Crippen LogP contribution is -1.88. The van der Waals surface area contributed by atoms with Crippen LogP contribution in [0.4, 0.5) is 0 Å². The second-order valence-electron chi connectivity index (χ2n) is 4.72. The van der Waals surface area contributed by atoms with Gasteiger partial charge in [0, 0.05) is 16.2 Å². The molecule has 0 unspecified atom stereocenters. The summed E-state index contributed by atoms with van der Waals surface area (Å²) in [6, 6.07) is 7.12. The topological polar surface area (TPSA) is 72.0 Å². The van der Waals surface area contributed by atoms with Crippen LogP contribution in [-0.4, -0.2) is 20.2 Å². The molecule has 0 amide bonds. The number of pyridine rings is 1. The third kappa shape index (κ3) is 2.54. The Balaban J connectivity index is 2.05. The van der Waals surface area contributed by atoms with Crippen molar-refractivity contribution in [3.8, 4) is 28.7 Å². The Hall–Kier alpha value is -2.21. The van der Waals surface area contributed by atoms with Crippen LogP contribution in [0.3, 0.4) is 0 Å². The minimum atomic E-state index is 0.0101. The maximum atomic E-state index is 9.77.